The normalized spacial score (nSPS) is 15.6. The van der Waals surface area contributed by atoms with Gasteiger partial charge >= 0.3 is 12.1 Å². The van der Waals surface area contributed by atoms with Gasteiger partial charge in [0.05, 0.1) is 29.0 Å². The number of carbonyl (C=O) groups excluding carboxylic acids is 1. The van der Waals surface area contributed by atoms with Gasteiger partial charge in [0.2, 0.25) is 5.91 Å². The number of nitrogens with zero attached hydrogens (tertiary/aromatic N) is 4. The average molecular weight is 510 g/mol. The number of ether oxygens (including phenoxy) is 2. The molecular formula is C26H21F3N4O4. The molecule has 11 heteroatoms. The number of hydrogen-bond donors (Lipinski definition) is 0. The van der Waals surface area contributed by atoms with Crippen LogP contribution in [0.4, 0.5) is 13.2 Å². The molecule has 1 aliphatic heterocycles. The van der Waals surface area contributed by atoms with E-state index >= 15 is 0 Å². The maximum atomic E-state index is 13.6. The van der Waals surface area contributed by atoms with Crippen LogP contribution in [0.3, 0.4) is 0 Å². The lowest BCUT2D eigenvalue weighted by atomic mass is 10.2. The van der Waals surface area contributed by atoms with Crippen LogP contribution >= 0.6 is 0 Å². The van der Waals surface area contributed by atoms with E-state index < -0.39 is 12.1 Å². The molecule has 5 rings (SSSR count). The van der Waals surface area contributed by atoms with Crippen LogP contribution in [0.2, 0.25) is 0 Å². The first-order chi connectivity index (χ1) is 17.7. The number of fused-ring (bicyclic) bond motifs is 1. The Kier molecular flexibility index (Phi) is 6.20. The number of imidazole rings is 1. The summed E-state index contributed by atoms with van der Waals surface area (Å²) in [5.74, 6) is -0.0506. The first-order valence-corrected chi connectivity index (χ1v) is 11.4. The van der Waals surface area contributed by atoms with E-state index in [4.69, 9.17) is 4.74 Å². The van der Waals surface area contributed by atoms with Gasteiger partial charge in [-0.2, -0.15) is 0 Å². The van der Waals surface area contributed by atoms with E-state index in [0.29, 0.717) is 42.0 Å². The summed E-state index contributed by atoms with van der Waals surface area (Å²) in [5, 5.41) is 0. The topological polar surface area (TPSA) is 78.6 Å². The van der Waals surface area contributed by atoms with Crippen molar-refractivity contribution in [2.24, 2.45) is 0 Å². The molecule has 37 heavy (non-hydrogen) atoms. The van der Waals surface area contributed by atoms with Crippen molar-refractivity contribution in [3.05, 3.63) is 90.1 Å². The van der Waals surface area contributed by atoms with E-state index in [1.165, 1.54) is 28.8 Å². The summed E-state index contributed by atoms with van der Waals surface area (Å²) in [4.78, 5) is 31.5. The van der Waals surface area contributed by atoms with Crippen LogP contribution in [0.25, 0.3) is 16.7 Å². The smallest absolute Gasteiger partial charge is 0.457 e. The van der Waals surface area contributed by atoms with Crippen molar-refractivity contribution in [1.29, 1.82) is 0 Å². The Morgan fingerprint density at radius 2 is 1.81 bits per heavy atom. The molecule has 0 N–H and O–H groups in total. The van der Waals surface area contributed by atoms with E-state index in [0.717, 1.165) is 6.07 Å². The number of carbonyl (C=O) groups is 1. The molecule has 2 aromatic carbocycles. The lowest BCUT2D eigenvalue weighted by Gasteiger charge is -2.15. The van der Waals surface area contributed by atoms with Crippen molar-refractivity contribution in [3.63, 3.8) is 0 Å². The number of hydrogen-bond acceptors (Lipinski definition) is 5. The molecule has 1 fully saturated rings. The molecular weight excluding hydrogens is 489 g/mol. The number of halogens is 3. The van der Waals surface area contributed by atoms with Crippen LogP contribution in [0.1, 0.15) is 12.5 Å². The molecule has 1 amide bonds. The Labute approximate surface area is 208 Å². The monoisotopic (exact) mass is 510 g/mol. The quantitative estimate of drug-likeness (QED) is 0.347. The molecule has 1 aliphatic rings. The number of benzene rings is 2. The average Bonchev–Trinajstić information content (AvgIpc) is 3.45. The molecule has 2 aromatic heterocycles. The second kappa shape index (κ2) is 9.49. The molecule has 3 heterocycles. The molecule has 0 saturated carbocycles. The first-order valence-electron chi connectivity index (χ1n) is 11.4. The molecule has 4 aromatic rings. The molecule has 0 bridgehead atoms. The minimum Gasteiger partial charge on any atom is -0.457 e. The molecule has 0 spiro atoms. The first kappa shape index (κ1) is 24.2. The fourth-order valence-electron chi connectivity index (χ4n) is 4.49. The van der Waals surface area contributed by atoms with E-state index in [1.807, 2.05) is 0 Å². The van der Waals surface area contributed by atoms with Crippen LogP contribution in [0.5, 0.6) is 17.2 Å². The molecule has 1 atom stereocenters. The van der Waals surface area contributed by atoms with Crippen LogP contribution in [-0.4, -0.2) is 44.4 Å². The van der Waals surface area contributed by atoms with Crippen molar-refractivity contribution in [2.45, 2.75) is 18.8 Å². The maximum Gasteiger partial charge on any atom is 0.573 e. The SMILES string of the molecule is C=CC(=O)N1CCC(n2c(=O)n(-c3ccc(Oc4cccc(OC(F)(F)F)c4)cc3)c3cnccc32)C1. The highest BCUT2D eigenvalue weighted by molar-refractivity contribution is 5.87. The Hall–Kier alpha value is -4.54. The van der Waals surface area contributed by atoms with E-state index in [2.05, 4.69) is 16.3 Å². The standard InChI is InChI=1S/C26H21F3N4O4/c1-2-24(34)31-13-11-18(16-31)33-22-10-12-30-15-23(22)32(25(33)35)17-6-8-19(9-7-17)36-20-4-3-5-21(14-20)37-26(27,28)29/h2-10,12,14-15,18H,1,11,13,16H2. The molecule has 0 aliphatic carbocycles. The highest BCUT2D eigenvalue weighted by atomic mass is 19.4. The van der Waals surface area contributed by atoms with E-state index in [1.54, 1.807) is 52.2 Å². The summed E-state index contributed by atoms with van der Waals surface area (Å²) in [7, 11) is 0. The second-order valence-electron chi connectivity index (χ2n) is 8.40. The van der Waals surface area contributed by atoms with Gasteiger partial charge in [-0.05, 0) is 55.0 Å². The van der Waals surface area contributed by atoms with Crippen LogP contribution < -0.4 is 15.2 Å². The molecule has 8 nitrogen and oxygen atoms in total. The predicted octanol–water partition coefficient (Wildman–Crippen LogP) is 4.84. The van der Waals surface area contributed by atoms with Gasteiger partial charge in [-0.3, -0.25) is 18.9 Å². The molecule has 0 radical (unpaired) electrons. The van der Waals surface area contributed by atoms with E-state index in [-0.39, 0.29) is 23.4 Å². The summed E-state index contributed by atoms with van der Waals surface area (Å²) in [6.45, 7) is 4.46. The third-order valence-electron chi connectivity index (χ3n) is 6.06. The van der Waals surface area contributed by atoms with Crippen molar-refractivity contribution >= 4 is 16.9 Å². The third kappa shape index (κ3) is 4.92. The molecule has 1 saturated heterocycles. The van der Waals surface area contributed by atoms with Gasteiger partial charge in [-0.15, -0.1) is 13.2 Å². The summed E-state index contributed by atoms with van der Waals surface area (Å²) >= 11 is 0. The highest BCUT2D eigenvalue weighted by Gasteiger charge is 2.31. The number of pyridine rings is 1. The van der Waals surface area contributed by atoms with Crippen molar-refractivity contribution < 1.29 is 27.4 Å². The summed E-state index contributed by atoms with van der Waals surface area (Å²) in [6, 6.07) is 13.3. The third-order valence-corrected chi connectivity index (χ3v) is 6.06. The maximum absolute atomic E-state index is 13.6. The fourth-order valence-corrected chi connectivity index (χ4v) is 4.49. The lowest BCUT2D eigenvalue weighted by Crippen LogP contribution is -2.31. The van der Waals surface area contributed by atoms with E-state index in [9.17, 15) is 22.8 Å². The zero-order valence-electron chi connectivity index (χ0n) is 19.4. The molecule has 190 valence electrons. The summed E-state index contributed by atoms with van der Waals surface area (Å²) < 4.78 is 50.3. The van der Waals surface area contributed by atoms with Gasteiger partial charge in [0.1, 0.15) is 17.2 Å². The zero-order valence-corrected chi connectivity index (χ0v) is 19.4. The van der Waals surface area contributed by atoms with Crippen LogP contribution in [0, 0.1) is 0 Å². The Bertz CT molecular complexity index is 1530. The zero-order chi connectivity index (χ0) is 26.2. The minimum atomic E-state index is -4.81. The number of alkyl halides is 3. The second-order valence-corrected chi connectivity index (χ2v) is 8.40. The van der Waals surface area contributed by atoms with Crippen molar-refractivity contribution in [3.8, 4) is 22.9 Å². The molecule has 1 unspecified atom stereocenters. The van der Waals surface area contributed by atoms with Gasteiger partial charge in [0.15, 0.2) is 0 Å². The number of likely N-dealkylation sites (tertiary alicyclic amines) is 1. The Morgan fingerprint density at radius 3 is 2.54 bits per heavy atom. The van der Waals surface area contributed by atoms with Crippen LogP contribution in [-0.2, 0) is 4.79 Å². The van der Waals surface area contributed by atoms with Gasteiger partial charge < -0.3 is 14.4 Å². The van der Waals surface area contributed by atoms with Crippen molar-refractivity contribution in [2.75, 3.05) is 13.1 Å². The van der Waals surface area contributed by atoms with Crippen molar-refractivity contribution in [1.82, 2.24) is 19.0 Å². The highest BCUT2D eigenvalue weighted by Crippen LogP contribution is 2.30. The number of amides is 1. The lowest BCUT2D eigenvalue weighted by molar-refractivity contribution is -0.274. The number of aromatic nitrogens is 3. The predicted molar refractivity (Wildman–Crippen MR) is 129 cm³/mol. The summed E-state index contributed by atoms with van der Waals surface area (Å²) in [6.07, 6.45) is 0.301. The van der Waals surface area contributed by atoms with Gasteiger partial charge in [0, 0.05) is 25.4 Å². The minimum absolute atomic E-state index is 0.160. The Balaban J connectivity index is 1.43. The Morgan fingerprint density at radius 1 is 1.05 bits per heavy atom. The van der Waals surface area contributed by atoms with Gasteiger partial charge in [0.25, 0.3) is 0 Å². The largest absolute Gasteiger partial charge is 0.573 e. The van der Waals surface area contributed by atoms with Gasteiger partial charge in [-0.25, -0.2) is 4.79 Å². The fraction of sp³-hybridized carbons (Fsp3) is 0.192. The van der Waals surface area contributed by atoms with Gasteiger partial charge in [-0.1, -0.05) is 12.6 Å². The van der Waals surface area contributed by atoms with Crippen LogP contribution in [0.15, 0.2) is 84.4 Å². The number of rotatable bonds is 6. The summed E-state index contributed by atoms with van der Waals surface area (Å²) in [5.41, 5.74) is 1.58.